The van der Waals surface area contributed by atoms with Gasteiger partial charge in [0.15, 0.2) is 0 Å². The highest BCUT2D eigenvalue weighted by molar-refractivity contribution is 5.10. The number of nitrogens with one attached hydrogen (secondary N) is 1. The maximum absolute atomic E-state index is 5.37. The second-order valence-electron chi connectivity index (χ2n) is 4.44. The molecule has 0 aromatic heterocycles. The summed E-state index contributed by atoms with van der Waals surface area (Å²) in [6.07, 6.45) is 4.10. The molecule has 0 radical (unpaired) electrons. The third-order valence-electron chi connectivity index (χ3n) is 3.93. The minimum Gasteiger partial charge on any atom is -0.380 e. The first-order valence-electron chi connectivity index (χ1n) is 5.01. The average Bonchev–Trinajstić information content (AvgIpc) is 2.69. The molecule has 1 saturated heterocycles. The van der Waals surface area contributed by atoms with Crippen molar-refractivity contribution in [1.29, 1.82) is 0 Å². The molecule has 1 saturated carbocycles. The predicted octanol–water partition coefficient (Wildman–Crippen LogP) is 1.41. The van der Waals surface area contributed by atoms with E-state index in [9.17, 15) is 0 Å². The Balaban J connectivity index is 2.05. The first-order valence-corrected chi connectivity index (χ1v) is 5.01. The second kappa shape index (κ2) is 2.71. The van der Waals surface area contributed by atoms with Crippen LogP contribution < -0.4 is 5.32 Å². The van der Waals surface area contributed by atoms with Gasteiger partial charge in [0.05, 0.1) is 13.2 Å². The number of rotatable bonds is 4. The zero-order valence-corrected chi connectivity index (χ0v) is 8.15. The van der Waals surface area contributed by atoms with Crippen molar-refractivity contribution in [2.75, 3.05) is 26.8 Å². The van der Waals surface area contributed by atoms with Gasteiger partial charge in [0.2, 0.25) is 0 Å². The molecule has 1 N–H and O–H groups in total. The third-order valence-corrected chi connectivity index (χ3v) is 3.93. The third kappa shape index (κ3) is 0.944. The summed E-state index contributed by atoms with van der Waals surface area (Å²) >= 11 is 0. The molecule has 12 heavy (non-hydrogen) atoms. The van der Waals surface area contributed by atoms with E-state index in [0.29, 0.717) is 10.8 Å². The average molecular weight is 169 g/mol. The fraction of sp³-hybridized carbons (Fsp3) is 1.00. The molecule has 2 rings (SSSR count). The van der Waals surface area contributed by atoms with Gasteiger partial charge in [0.25, 0.3) is 0 Å². The summed E-state index contributed by atoms with van der Waals surface area (Å²) in [4.78, 5) is 0. The topological polar surface area (TPSA) is 21.3 Å². The molecule has 2 nitrogen and oxygen atoms in total. The van der Waals surface area contributed by atoms with Crippen LogP contribution in [0.1, 0.15) is 26.2 Å². The molecule has 2 fully saturated rings. The molecule has 1 aliphatic heterocycles. The summed E-state index contributed by atoms with van der Waals surface area (Å²) in [5, 5.41) is 3.32. The molecule has 0 aromatic rings. The van der Waals surface area contributed by atoms with Crippen LogP contribution in [0, 0.1) is 10.8 Å². The summed E-state index contributed by atoms with van der Waals surface area (Å²) in [6.45, 7) is 5.50. The van der Waals surface area contributed by atoms with Crippen molar-refractivity contribution in [2.24, 2.45) is 10.8 Å². The lowest BCUT2D eigenvalue weighted by molar-refractivity contribution is -0.156. The summed E-state index contributed by atoms with van der Waals surface area (Å²) in [5.41, 5.74) is 1.14. The Kier molecular flexibility index (Phi) is 1.92. The van der Waals surface area contributed by atoms with Gasteiger partial charge in [-0.1, -0.05) is 6.92 Å². The van der Waals surface area contributed by atoms with E-state index in [4.69, 9.17) is 4.74 Å². The van der Waals surface area contributed by atoms with Gasteiger partial charge in [0.1, 0.15) is 0 Å². The Hall–Kier alpha value is -0.0800. The molecule has 0 unspecified atom stereocenters. The fourth-order valence-electron chi connectivity index (χ4n) is 2.62. The maximum Gasteiger partial charge on any atom is 0.0550 e. The van der Waals surface area contributed by atoms with Crippen LogP contribution in [0.3, 0.4) is 0 Å². The van der Waals surface area contributed by atoms with E-state index in [0.717, 1.165) is 13.2 Å². The van der Waals surface area contributed by atoms with Crippen molar-refractivity contribution < 1.29 is 4.74 Å². The molecule has 0 atom stereocenters. The lowest BCUT2D eigenvalue weighted by Crippen LogP contribution is -2.52. The molecule has 1 aliphatic carbocycles. The molecule has 0 aromatic carbocycles. The van der Waals surface area contributed by atoms with Crippen molar-refractivity contribution in [3.05, 3.63) is 0 Å². The van der Waals surface area contributed by atoms with Crippen LogP contribution in [0.2, 0.25) is 0 Å². The standard InChI is InChI=1S/C10H19NO/c1-3-9(7-12-8-9)10(4-5-10)6-11-2/h11H,3-8H2,1-2H3. The first kappa shape index (κ1) is 8.52. The molecular formula is C10H19NO. The minimum absolute atomic E-state index is 0.538. The van der Waals surface area contributed by atoms with Crippen LogP contribution in [0.4, 0.5) is 0 Å². The van der Waals surface area contributed by atoms with Crippen LogP contribution in [0.5, 0.6) is 0 Å². The van der Waals surface area contributed by atoms with Gasteiger partial charge in [-0.25, -0.2) is 0 Å². The monoisotopic (exact) mass is 169 g/mol. The number of hydrogen-bond donors (Lipinski definition) is 1. The van der Waals surface area contributed by atoms with E-state index in [2.05, 4.69) is 19.3 Å². The molecule has 0 bridgehead atoms. The van der Waals surface area contributed by atoms with E-state index in [1.54, 1.807) is 0 Å². The van der Waals surface area contributed by atoms with Crippen LogP contribution in [0.15, 0.2) is 0 Å². The van der Waals surface area contributed by atoms with Gasteiger partial charge in [-0.3, -0.25) is 0 Å². The van der Waals surface area contributed by atoms with E-state index in [1.165, 1.54) is 25.8 Å². The Bertz CT molecular complexity index is 165. The van der Waals surface area contributed by atoms with Gasteiger partial charge in [0, 0.05) is 12.0 Å². The quantitative estimate of drug-likeness (QED) is 0.687. The fourth-order valence-corrected chi connectivity index (χ4v) is 2.62. The number of ether oxygens (including phenoxy) is 1. The Morgan fingerprint density at radius 3 is 2.17 bits per heavy atom. The molecule has 1 heterocycles. The van der Waals surface area contributed by atoms with Crippen LogP contribution in [-0.4, -0.2) is 26.8 Å². The largest absolute Gasteiger partial charge is 0.380 e. The maximum atomic E-state index is 5.37. The van der Waals surface area contributed by atoms with E-state index in [1.807, 2.05) is 0 Å². The van der Waals surface area contributed by atoms with E-state index < -0.39 is 0 Å². The van der Waals surface area contributed by atoms with Crippen molar-refractivity contribution in [3.63, 3.8) is 0 Å². The Morgan fingerprint density at radius 2 is 1.92 bits per heavy atom. The highest BCUT2D eigenvalue weighted by Gasteiger charge is 2.60. The molecule has 70 valence electrons. The van der Waals surface area contributed by atoms with E-state index in [-0.39, 0.29) is 0 Å². The highest BCUT2D eigenvalue weighted by atomic mass is 16.5. The summed E-state index contributed by atoms with van der Waals surface area (Å²) in [5.74, 6) is 0. The molecular weight excluding hydrogens is 150 g/mol. The van der Waals surface area contributed by atoms with Crippen molar-refractivity contribution in [3.8, 4) is 0 Å². The highest BCUT2D eigenvalue weighted by Crippen LogP contribution is 2.62. The zero-order chi connectivity index (χ0) is 8.66. The number of hydrogen-bond acceptors (Lipinski definition) is 2. The summed E-state index contributed by atoms with van der Waals surface area (Å²) < 4.78 is 5.37. The second-order valence-corrected chi connectivity index (χ2v) is 4.44. The smallest absolute Gasteiger partial charge is 0.0550 e. The van der Waals surface area contributed by atoms with Crippen LogP contribution in [0.25, 0.3) is 0 Å². The lowest BCUT2D eigenvalue weighted by atomic mass is 9.69. The predicted molar refractivity (Wildman–Crippen MR) is 49.1 cm³/mol. The lowest BCUT2D eigenvalue weighted by Gasteiger charge is -2.47. The molecule has 0 spiro atoms. The Morgan fingerprint density at radius 1 is 1.25 bits per heavy atom. The molecule has 2 aliphatic rings. The van der Waals surface area contributed by atoms with Gasteiger partial charge < -0.3 is 10.1 Å². The van der Waals surface area contributed by atoms with Crippen molar-refractivity contribution in [2.45, 2.75) is 26.2 Å². The van der Waals surface area contributed by atoms with Gasteiger partial charge in [-0.15, -0.1) is 0 Å². The molecule has 2 heteroatoms. The summed E-state index contributed by atoms with van der Waals surface area (Å²) in [6, 6.07) is 0. The molecule has 0 amide bonds. The van der Waals surface area contributed by atoms with Gasteiger partial charge >= 0.3 is 0 Å². The van der Waals surface area contributed by atoms with Crippen molar-refractivity contribution in [1.82, 2.24) is 5.32 Å². The first-order chi connectivity index (χ1) is 5.79. The summed E-state index contributed by atoms with van der Waals surface area (Å²) in [7, 11) is 2.06. The van der Waals surface area contributed by atoms with Crippen LogP contribution >= 0.6 is 0 Å². The minimum atomic E-state index is 0.538. The Labute approximate surface area is 74.7 Å². The zero-order valence-electron chi connectivity index (χ0n) is 8.15. The van der Waals surface area contributed by atoms with Crippen molar-refractivity contribution >= 4 is 0 Å². The van der Waals surface area contributed by atoms with Gasteiger partial charge in [-0.05, 0) is 31.7 Å². The SMILES string of the molecule is CCC1(C2(CNC)CC2)COC1. The normalized spacial score (nSPS) is 29.5. The van der Waals surface area contributed by atoms with Crippen LogP contribution in [-0.2, 0) is 4.74 Å². The van der Waals surface area contributed by atoms with E-state index >= 15 is 0 Å². The van der Waals surface area contributed by atoms with Gasteiger partial charge in [-0.2, -0.15) is 0 Å².